The smallest absolute Gasteiger partial charge is 0.200 e. The number of nitrogens with zero attached hydrogens (tertiary/aromatic N) is 1. The third kappa shape index (κ3) is 3.58. The number of halogens is 1. The molecule has 1 saturated heterocycles. The van der Waals surface area contributed by atoms with E-state index in [0.29, 0.717) is 33.7 Å². The molecule has 1 fully saturated rings. The summed E-state index contributed by atoms with van der Waals surface area (Å²) in [6.45, 7) is 4.52. The number of hydrogen-bond acceptors (Lipinski definition) is 4. The first-order chi connectivity index (χ1) is 13.0. The van der Waals surface area contributed by atoms with Crippen LogP contribution in [0, 0.1) is 0 Å². The molecule has 3 aromatic rings. The average Bonchev–Trinajstić information content (AvgIpc) is 2.67. The second-order valence-electron chi connectivity index (χ2n) is 7.13. The Bertz CT molecular complexity index is 1020. The minimum Gasteiger partial charge on any atom is -0.872 e. The number of likely N-dealkylation sites (N-methyl/N-ethyl adjacent to an activating group) is 1. The average molecular weight is 385 g/mol. The monoisotopic (exact) mass is 384 g/mol. The number of quaternary nitrogens is 1. The molecule has 2 heterocycles. The summed E-state index contributed by atoms with van der Waals surface area (Å²) in [5.41, 5.74) is 2.08. The molecule has 1 N–H and O–H groups in total. The highest BCUT2D eigenvalue weighted by Crippen LogP contribution is 2.26. The lowest BCUT2D eigenvalue weighted by atomic mass is 10.0. The van der Waals surface area contributed by atoms with Gasteiger partial charge in [0, 0.05) is 23.7 Å². The van der Waals surface area contributed by atoms with Gasteiger partial charge in [-0.3, -0.25) is 9.69 Å². The Hall–Kier alpha value is -2.34. The normalized spacial score (nSPS) is 16.1. The van der Waals surface area contributed by atoms with Crippen LogP contribution in [0.15, 0.2) is 51.9 Å². The van der Waals surface area contributed by atoms with E-state index in [1.165, 1.54) is 17.2 Å². The molecule has 0 aliphatic carbocycles. The fourth-order valence-electron chi connectivity index (χ4n) is 3.60. The second-order valence-corrected chi connectivity index (χ2v) is 7.57. The van der Waals surface area contributed by atoms with Crippen molar-refractivity contribution >= 4 is 22.6 Å². The van der Waals surface area contributed by atoms with Crippen LogP contribution in [0.4, 0.5) is 0 Å². The number of hydrogen-bond donors (Lipinski definition) is 1. The van der Waals surface area contributed by atoms with E-state index in [0.717, 1.165) is 31.7 Å². The van der Waals surface area contributed by atoms with Crippen LogP contribution in [0.25, 0.3) is 22.1 Å². The van der Waals surface area contributed by atoms with Crippen LogP contribution < -0.4 is 15.4 Å². The van der Waals surface area contributed by atoms with Gasteiger partial charge in [-0.05, 0) is 30.8 Å². The fourth-order valence-corrected chi connectivity index (χ4v) is 3.72. The van der Waals surface area contributed by atoms with Crippen LogP contribution in [0.1, 0.15) is 5.56 Å². The van der Waals surface area contributed by atoms with Crippen molar-refractivity contribution in [3.8, 4) is 16.9 Å². The van der Waals surface area contributed by atoms with Crippen LogP contribution in [-0.4, -0.2) is 38.1 Å². The van der Waals surface area contributed by atoms with Crippen LogP contribution >= 0.6 is 11.6 Å². The second kappa shape index (κ2) is 7.35. The molecule has 0 unspecified atom stereocenters. The van der Waals surface area contributed by atoms with E-state index in [1.807, 2.05) is 0 Å². The number of nitrogens with one attached hydrogen (secondary N) is 1. The van der Waals surface area contributed by atoms with Crippen molar-refractivity contribution in [2.24, 2.45) is 0 Å². The number of piperazine rings is 1. The Labute approximate surface area is 162 Å². The topological polar surface area (TPSA) is 61.0 Å². The summed E-state index contributed by atoms with van der Waals surface area (Å²) in [5.74, 6) is -0.0729. The van der Waals surface area contributed by atoms with Crippen molar-refractivity contribution in [1.82, 2.24) is 4.90 Å². The van der Waals surface area contributed by atoms with E-state index < -0.39 is 0 Å². The van der Waals surface area contributed by atoms with E-state index in [4.69, 9.17) is 16.0 Å². The summed E-state index contributed by atoms with van der Waals surface area (Å²) in [4.78, 5) is 16.6. The van der Waals surface area contributed by atoms with Crippen LogP contribution in [0.3, 0.4) is 0 Å². The first kappa shape index (κ1) is 18.0. The van der Waals surface area contributed by atoms with E-state index in [9.17, 15) is 9.90 Å². The SMILES string of the molecule is CN1CC[NH+](Cc2c([O-])ccc3c(=O)c(-c4ccc(Cl)cc4)coc23)CC1. The quantitative estimate of drug-likeness (QED) is 0.743. The number of benzene rings is 2. The Morgan fingerprint density at radius 2 is 1.85 bits per heavy atom. The minimum absolute atomic E-state index is 0.0729. The number of rotatable bonds is 3. The van der Waals surface area contributed by atoms with Gasteiger partial charge in [-0.1, -0.05) is 35.5 Å². The summed E-state index contributed by atoms with van der Waals surface area (Å²) in [6.07, 6.45) is 1.45. The standard InChI is InChI=1S/C21H21ClN2O3/c1-23-8-10-24(11-9-23)12-17-19(25)7-6-16-20(26)18(13-27-21(16)17)14-2-4-15(22)5-3-14/h2-7,13,25H,8-12H2,1H3. The van der Waals surface area contributed by atoms with Gasteiger partial charge in [0.1, 0.15) is 18.4 Å². The van der Waals surface area contributed by atoms with E-state index in [2.05, 4.69) is 11.9 Å². The molecule has 2 aromatic carbocycles. The van der Waals surface area contributed by atoms with Crippen molar-refractivity contribution in [3.63, 3.8) is 0 Å². The molecule has 0 atom stereocenters. The molecule has 0 amide bonds. The predicted octanol–water partition coefficient (Wildman–Crippen LogP) is 1.52. The maximum Gasteiger partial charge on any atom is 0.200 e. The van der Waals surface area contributed by atoms with Gasteiger partial charge in [0.15, 0.2) is 0 Å². The van der Waals surface area contributed by atoms with Crippen LogP contribution in [0.2, 0.25) is 5.02 Å². The van der Waals surface area contributed by atoms with Gasteiger partial charge >= 0.3 is 0 Å². The molecule has 0 spiro atoms. The molecule has 0 radical (unpaired) electrons. The van der Waals surface area contributed by atoms with Crippen LogP contribution in [0.5, 0.6) is 5.75 Å². The number of fused-ring (bicyclic) bond motifs is 1. The third-order valence-corrected chi connectivity index (χ3v) is 5.53. The Morgan fingerprint density at radius 3 is 2.56 bits per heavy atom. The Kier molecular flexibility index (Phi) is 4.91. The molecule has 140 valence electrons. The maximum absolute atomic E-state index is 13.0. The lowest BCUT2D eigenvalue weighted by Crippen LogP contribution is -3.13. The Morgan fingerprint density at radius 1 is 1.15 bits per heavy atom. The molecule has 4 rings (SSSR count). The molecule has 1 aliphatic heterocycles. The molecule has 27 heavy (non-hydrogen) atoms. The molecule has 0 bridgehead atoms. The molecular formula is C21H21ClN2O3. The molecule has 0 saturated carbocycles. The molecule has 1 aliphatic rings. The zero-order chi connectivity index (χ0) is 19.0. The van der Waals surface area contributed by atoms with E-state index >= 15 is 0 Å². The van der Waals surface area contributed by atoms with Gasteiger partial charge in [0.25, 0.3) is 0 Å². The van der Waals surface area contributed by atoms with Gasteiger partial charge in [-0.25, -0.2) is 0 Å². The predicted molar refractivity (Wildman–Crippen MR) is 104 cm³/mol. The van der Waals surface area contributed by atoms with Crippen LogP contribution in [-0.2, 0) is 6.54 Å². The fraction of sp³-hybridized carbons (Fsp3) is 0.286. The van der Waals surface area contributed by atoms with Crippen molar-refractivity contribution in [2.75, 3.05) is 33.2 Å². The maximum atomic E-state index is 13.0. The van der Waals surface area contributed by atoms with Gasteiger partial charge in [0.2, 0.25) is 5.43 Å². The zero-order valence-corrected chi connectivity index (χ0v) is 15.9. The molecule has 6 heteroatoms. The molecule has 5 nitrogen and oxygen atoms in total. The van der Waals surface area contributed by atoms with Crippen molar-refractivity contribution in [3.05, 3.63) is 63.5 Å². The minimum atomic E-state index is -0.131. The van der Waals surface area contributed by atoms with Crippen molar-refractivity contribution < 1.29 is 14.4 Å². The van der Waals surface area contributed by atoms with E-state index in [-0.39, 0.29) is 11.2 Å². The molecular weight excluding hydrogens is 364 g/mol. The summed E-state index contributed by atoms with van der Waals surface area (Å²) in [5, 5.41) is 13.5. The highest BCUT2D eigenvalue weighted by Gasteiger charge is 2.20. The molecule has 1 aromatic heterocycles. The largest absolute Gasteiger partial charge is 0.872 e. The lowest BCUT2D eigenvalue weighted by Gasteiger charge is -2.30. The van der Waals surface area contributed by atoms with Gasteiger partial charge in [-0.15, -0.1) is 0 Å². The summed E-state index contributed by atoms with van der Waals surface area (Å²) < 4.78 is 5.83. The van der Waals surface area contributed by atoms with Gasteiger partial charge in [-0.2, -0.15) is 0 Å². The highest BCUT2D eigenvalue weighted by molar-refractivity contribution is 6.30. The summed E-state index contributed by atoms with van der Waals surface area (Å²) in [7, 11) is 2.10. The zero-order valence-electron chi connectivity index (χ0n) is 15.1. The van der Waals surface area contributed by atoms with E-state index in [1.54, 1.807) is 30.3 Å². The summed E-state index contributed by atoms with van der Waals surface area (Å²) in [6, 6.07) is 10.1. The van der Waals surface area contributed by atoms with Gasteiger partial charge < -0.3 is 14.4 Å². The first-order valence-electron chi connectivity index (χ1n) is 9.05. The Balaban J connectivity index is 1.75. The first-order valence-corrected chi connectivity index (χ1v) is 9.43. The highest BCUT2D eigenvalue weighted by atomic mass is 35.5. The van der Waals surface area contributed by atoms with Crippen molar-refractivity contribution in [2.45, 2.75) is 6.54 Å². The summed E-state index contributed by atoms with van der Waals surface area (Å²) >= 11 is 5.93. The lowest BCUT2D eigenvalue weighted by molar-refractivity contribution is -0.918. The third-order valence-electron chi connectivity index (χ3n) is 5.28. The van der Waals surface area contributed by atoms with Gasteiger partial charge in [0.05, 0.1) is 24.0 Å². The van der Waals surface area contributed by atoms with Crippen molar-refractivity contribution in [1.29, 1.82) is 0 Å².